The Morgan fingerprint density at radius 3 is 2.84 bits per heavy atom. The van der Waals surface area contributed by atoms with Crippen LogP contribution in [-0.2, 0) is 4.79 Å². The van der Waals surface area contributed by atoms with Crippen molar-refractivity contribution in [1.29, 1.82) is 0 Å². The number of hydrogen-bond donors (Lipinski definition) is 2. The van der Waals surface area contributed by atoms with Crippen molar-refractivity contribution in [3.8, 4) is 11.5 Å². The molecule has 0 amide bonds. The zero-order valence-corrected chi connectivity index (χ0v) is 11.3. The van der Waals surface area contributed by atoms with Crippen LogP contribution in [-0.4, -0.2) is 29.2 Å². The summed E-state index contributed by atoms with van der Waals surface area (Å²) in [6.45, 7) is 1.96. The second kappa shape index (κ2) is 7.59. The summed E-state index contributed by atoms with van der Waals surface area (Å²) >= 11 is 0. The molecule has 104 valence electrons. The number of phenols is 1. The van der Waals surface area contributed by atoms with Crippen LogP contribution >= 0.6 is 0 Å². The summed E-state index contributed by atoms with van der Waals surface area (Å²) in [4.78, 5) is 11.6. The molecule has 1 aromatic rings. The van der Waals surface area contributed by atoms with Gasteiger partial charge in [0.05, 0.1) is 13.2 Å². The number of rotatable bonds is 7. The van der Waals surface area contributed by atoms with Crippen molar-refractivity contribution in [3.63, 3.8) is 0 Å². The van der Waals surface area contributed by atoms with Crippen molar-refractivity contribution >= 4 is 11.9 Å². The molecule has 0 aliphatic heterocycles. The van der Waals surface area contributed by atoms with Gasteiger partial charge >= 0.3 is 0 Å². The monoisotopic (exact) mass is 264 g/mol. The van der Waals surface area contributed by atoms with E-state index in [2.05, 4.69) is 0 Å². The first-order chi connectivity index (χ1) is 9.06. The molecule has 0 saturated heterocycles. The Labute approximate surface area is 113 Å². The molecule has 1 unspecified atom stereocenters. The quantitative estimate of drug-likeness (QED) is 0.743. The fourth-order valence-corrected chi connectivity index (χ4v) is 1.72. The van der Waals surface area contributed by atoms with Crippen LogP contribution in [0.3, 0.4) is 0 Å². The average molecular weight is 264 g/mol. The standard InChI is InChI=1S/C15H20O4/c1-3-4-12(16)10-13(17)7-5-11-6-8-14(18)15(9-11)19-2/h5-9,12,16,18H,3-4,10H2,1-2H3/b7-5+. The van der Waals surface area contributed by atoms with Crippen LogP contribution in [0.4, 0.5) is 0 Å². The molecular formula is C15H20O4. The lowest BCUT2D eigenvalue weighted by Gasteiger charge is -2.06. The Balaban J connectivity index is 2.63. The van der Waals surface area contributed by atoms with Gasteiger partial charge in [0, 0.05) is 6.42 Å². The third-order valence-corrected chi connectivity index (χ3v) is 2.72. The van der Waals surface area contributed by atoms with Gasteiger partial charge in [-0.05, 0) is 30.2 Å². The van der Waals surface area contributed by atoms with Crippen molar-refractivity contribution in [3.05, 3.63) is 29.8 Å². The maximum absolute atomic E-state index is 11.6. The molecule has 4 nitrogen and oxygen atoms in total. The summed E-state index contributed by atoms with van der Waals surface area (Å²) in [6, 6.07) is 4.83. The molecule has 0 aromatic heterocycles. The van der Waals surface area contributed by atoms with E-state index >= 15 is 0 Å². The van der Waals surface area contributed by atoms with Crippen LogP contribution in [0.5, 0.6) is 11.5 Å². The summed E-state index contributed by atoms with van der Waals surface area (Å²) in [5.74, 6) is 0.304. The number of ether oxygens (including phenoxy) is 1. The van der Waals surface area contributed by atoms with Crippen LogP contribution in [0.2, 0.25) is 0 Å². The normalized spacial score (nSPS) is 12.6. The minimum atomic E-state index is -0.573. The van der Waals surface area contributed by atoms with Crippen molar-refractivity contribution in [2.45, 2.75) is 32.3 Å². The summed E-state index contributed by atoms with van der Waals surface area (Å²) < 4.78 is 4.98. The number of methoxy groups -OCH3 is 1. The number of carbonyl (C=O) groups excluding carboxylic acids is 1. The zero-order chi connectivity index (χ0) is 14.3. The zero-order valence-electron chi connectivity index (χ0n) is 11.3. The molecule has 0 spiro atoms. The Morgan fingerprint density at radius 2 is 2.21 bits per heavy atom. The molecule has 1 rings (SSSR count). The number of ketones is 1. The van der Waals surface area contributed by atoms with E-state index in [4.69, 9.17) is 4.74 Å². The summed E-state index contributed by atoms with van der Waals surface area (Å²) in [5.41, 5.74) is 0.757. The third-order valence-electron chi connectivity index (χ3n) is 2.72. The summed E-state index contributed by atoms with van der Waals surface area (Å²) in [7, 11) is 1.47. The molecule has 0 fully saturated rings. The molecular weight excluding hydrogens is 244 g/mol. The number of carbonyl (C=O) groups is 1. The van der Waals surface area contributed by atoms with Crippen LogP contribution in [0.15, 0.2) is 24.3 Å². The predicted molar refractivity (Wildman–Crippen MR) is 74.2 cm³/mol. The van der Waals surface area contributed by atoms with Gasteiger partial charge in [-0.3, -0.25) is 4.79 Å². The fraction of sp³-hybridized carbons (Fsp3) is 0.400. The Bertz CT molecular complexity index is 451. The Hall–Kier alpha value is -1.81. The van der Waals surface area contributed by atoms with E-state index in [9.17, 15) is 15.0 Å². The number of phenolic OH excluding ortho intramolecular Hbond substituents is 1. The van der Waals surface area contributed by atoms with E-state index in [1.165, 1.54) is 19.3 Å². The van der Waals surface area contributed by atoms with Crippen LogP contribution in [0.1, 0.15) is 31.7 Å². The lowest BCUT2D eigenvalue weighted by atomic mass is 10.1. The SMILES string of the molecule is CCCC(O)CC(=O)/C=C/c1ccc(O)c(OC)c1. The Morgan fingerprint density at radius 1 is 1.47 bits per heavy atom. The number of hydrogen-bond acceptors (Lipinski definition) is 4. The second-order valence-electron chi connectivity index (χ2n) is 4.38. The Kier molecular flexibility index (Phi) is 6.09. The van der Waals surface area contributed by atoms with Gasteiger partial charge in [-0.1, -0.05) is 25.5 Å². The number of aliphatic hydroxyl groups excluding tert-OH is 1. The highest BCUT2D eigenvalue weighted by Gasteiger charge is 2.07. The molecule has 0 aliphatic rings. The largest absolute Gasteiger partial charge is 0.504 e. The van der Waals surface area contributed by atoms with Gasteiger partial charge in [0.15, 0.2) is 17.3 Å². The van der Waals surface area contributed by atoms with Gasteiger partial charge < -0.3 is 14.9 Å². The smallest absolute Gasteiger partial charge is 0.161 e. The molecule has 4 heteroatoms. The molecule has 0 bridgehead atoms. The van der Waals surface area contributed by atoms with Crippen molar-refractivity contribution in [1.82, 2.24) is 0 Å². The van der Waals surface area contributed by atoms with E-state index in [1.807, 2.05) is 6.92 Å². The highest BCUT2D eigenvalue weighted by molar-refractivity contribution is 5.93. The molecule has 1 aromatic carbocycles. The summed E-state index contributed by atoms with van der Waals surface area (Å²) in [6.07, 6.45) is 4.13. The molecule has 0 saturated carbocycles. The summed E-state index contributed by atoms with van der Waals surface area (Å²) in [5, 5.41) is 19.0. The lowest BCUT2D eigenvalue weighted by molar-refractivity contribution is -0.116. The first-order valence-electron chi connectivity index (χ1n) is 6.32. The molecule has 0 heterocycles. The van der Waals surface area contributed by atoms with E-state index in [1.54, 1.807) is 18.2 Å². The van der Waals surface area contributed by atoms with Crippen LogP contribution in [0.25, 0.3) is 6.08 Å². The van der Waals surface area contributed by atoms with Crippen molar-refractivity contribution in [2.24, 2.45) is 0 Å². The third kappa shape index (κ3) is 5.14. The van der Waals surface area contributed by atoms with E-state index in [0.29, 0.717) is 12.2 Å². The fourth-order valence-electron chi connectivity index (χ4n) is 1.72. The predicted octanol–water partition coefficient (Wildman–Crippen LogP) is 2.53. The molecule has 19 heavy (non-hydrogen) atoms. The van der Waals surface area contributed by atoms with E-state index in [0.717, 1.165) is 12.0 Å². The van der Waals surface area contributed by atoms with Crippen LogP contribution in [0, 0.1) is 0 Å². The van der Waals surface area contributed by atoms with E-state index in [-0.39, 0.29) is 18.0 Å². The maximum atomic E-state index is 11.6. The van der Waals surface area contributed by atoms with Gasteiger partial charge in [-0.25, -0.2) is 0 Å². The maximum Gasteiger partial charge on any atom is 0.161 e. The topological polar surface area (TPSA) is 66.8 Å². The van der Waals surface area contributed by atoms with Gasteiger partial charge in [-0.15, -0.1) is 0 Å². The van der Waals surface area contributed by atoms with E-state index < -0.39 is 6.10 Å². The van der Waals surface area contributed by atoms with Gasteiger partial charge in [0.1, 0.15) is 0 Å². The first-order valence-corrected chi connectivity index (χ1v) is 6.32. The van der Waals surface area contributed by atoms with Crippen molar-refractivity contribution < 1.29 is 19.7 Å². The number of aromatic hydroxyl groups is 1. The number of benzene rings is 1. The lowest BCUT2D eigenvalue weighted by Crippen LogP contribution is -2.11. The minimum absolute atomic E-state index is 0.0596. The highest BCUT2D eigenvalue weighted by atomic mass is 16.5. The first kappa shape index (κ1) is 15.2. The van der Waals surface area contributed by atoms with Gasteiger partial charge in [0.25, 0.3) is 0 Å². The highest BCUT2D eigenvalue weighted by Crippen LogP contribution is 2.26. The average Bonchev–Trinajstić information content (AvgIpc) is 2.38. The molecule has 0 aliphatic carbocycles. The van der Waals surface area contributed by atoms with Crippen molar-refractivity contribution in [2.75, 3.05) is 7.11 Å². The van der Waals surface area contributed by atoms with Gasteiger partial charge in [-0.2, -0.15) is 0 Å². The molecule has 0 radical (unpaired) electrons. The minimum Gasteiger partial charge on any atom is -0.504 e. The number of allylic oxidation sites excluding steroid dienone is 1. The molecule has 1 atom stereocenters. The second-order valence-corrected chi connectivity index (χ2v) is 4.38. The molecule has 2 N–H and O–H groups in total. The van der Waals surface area contributed by atoms with Gasteiger partial charge in [0.2, 0.25) is 0 Å². The van der Waals surface area contributed by atoms with Crippen LogP contribution < -0.4 is 4.74 Å². The number of aliphatic hydroxyl groups is 1.